The van der Waals surface area contributed by atoms with Crippen LogP contribution in [0.5, 0.6) is 0 Å². The van der Waals surface area contributed by atoms with Gasteiger partial charge in [-0.25, -0.2) is 4.98 Å². The van der Waals surface area contributed by atoms with Crippen LogP contribution in [0.3, 0.4) is 0 Å². The minimum atomic E-state index is 0.368. The van der Waals surface area contributed by atoms with Crippen molar-refractivity contribution in [3.8, 4) is 0 Å². The lowest BCUT2D eigenvalue weighted by molar-refractivity contribution is -0.0744. The van der Waals surface area contributed by atoms with Crippen molar-refractivity contribution in [2.75, 3.05) is 31.2 Å². The van der Waals surface area contributed by atoms with Crippen LogP contribution in [0.1, 0.15) is 31.2 Å². The van der Waals surface area contributed by atoms with Crippen molar-refractivity contribution in [2.45, 2.75) is 48.7 Å². The SMILES string of the molecule is c1ccc(CSc2cncc(N3CCC(OC4CCOCC4)CC3)n2)cc1. The van der Waals surface area contributed by atoms with Gasteiger partial charge in [-0.15, -0.1) is 11.8 Å². The molecule has 0 aliphatic carbocycles. The second-order valence-corrected chi connectivity index (χ2v) is 8.12. The first-order chi connectivity index (χ1) is 13.4. The second-order valence-electron chi connectivity index (χ2n) is 7.12. The van der Waals surface area contributed by atoms with Crippen LogP contribution in [0, 0.1) is 0 Å². The molecule has 3 heterocycles. The fourth-order valence-corrected chi connectivity index (χ4v) is 4.40. The average molecular weight is 386 g/mol. The summed E-state index contributed by atoms with van der Waals surface area (Å²) in [6.45, 7) is 3.64. The summed E-state index contributed by atoms with van der Waals surface area (Å²) in [7, 11) is 0. The fraction of sp³-hybridized carbons (Fsp3) is 0.524. The number of anilines is 1. The number of rotatable bonds is 6. The van der Waals surface area contributed by atoms with Gasteiger partial charge in [-0.1, -0.05) is 30.3 Å². The van der Waals surface area contributed by atoms with E-state index in [-0.39, 0.29) is 0 Å². The molecule has 2 aliphatic rings. The molecule has 0 amide bonds. The molecule has 2 fully saturated rings. The molecule has 4 rings (SSSR count). The van der Waals surface area contributed by atoms with E-state index in [0.29, 0.717) is 12.2 Å². The Morgan fingerprint density at radius 1 is 1.00 bits per heavy atom. The molecule has 2 aliphatic heterocycles. The number of thioether (sulfide) groups is 1. The van der Waals surface area contributed by atoms with Crippen LogP contribution in [0.25, 0.3) is 0 Å². The molecule has 144 valence electrons. The van der Waals surface area contributed by atoms with Crippen LogP contribution in [-0.2, 0) is 15.2 Å². The average Bonchev–Trinajstić information content (AvgIpc) is 2.75. The Morgan fingerprint density at radius 2 is 1.74 bits per heavy atom. The van der Waals surface area contributed by atoms with Crippen LogP contribution in [0.4, 0.5) is 5.82 Å². The van der Waals surface area contributed by atoms with E-state index >= 15 is 0 Å². The molecular weight excluding hydrogens is 358 g/mol. The van der Waals surface area contributed by atoms with Gasteiger partial charge in [0.25, 0.3) is 0 Å². The van der Waals surface area contributed by atoms with E-state index in [0.717, 1.165) is 68.6 Å². The maximum Gasteiger partial charge on any atom is 0.148 e. The molecule has 0 saturated carbocycles. The van der Waals surface area contributed by atoms with Crippen LogP contribution in [0.15, 0.2) is 47.8 Å². The molecule has 27 heavy (non-hydrogen) atoms. The topological polar surface area (TPSA) is 47.5 Å². The Balaban J connectivity index is 1.28. The molecule has 1 aromatic carbocycles. The van der Waals surface area contributed by atoms with Gasteiger partial charge < -0.3 is 14.4 Å². The minimum absolute atomic E-state index is 0.368. The zero-order valence-corrected chi connectivity index (χ0v) is 16.4. The molecule has 0 radical (unpaired) electrons. The van der Waals surface area contributed by atoms with Gasteiger partial charge in [-0.2, -0.15) is 0 Å². The standard InChI is InChI=1S/C21H27N3O2S/c1-2-4-17(5-3-1)16-27-21-15-22-14-20(23-21)24-10-6-18(7-11-24)26-19-8-12-25-13-9-19/h1-5,14-15,18-19H,6-13,16H2. The molecule has 0 atom stereocenters. The van der Waals surface area contributed by atoms with Crippen molar-refractivity contribution in [3.05, 3.63) is 48.3 Å². The fourth-order valence-electron chi connectivity index (χ4n) is 3.60. The quantitative estimate of drug-likeness (QED) is 0.702. The van der Waals surface area contributed by atoms with Gasteiger partial charge in [-0.3, -0.25) is 4.98 Å². The largest absolute Gasteiger partial charge is 0.381 e. The summed E-state index contributed by atoms with van der Waals surface area (Å²) in [5.41, 5.74) is 1.31. The molecular formula is C21H27N3O2S. The van der Waals surface area contributed by atoms with Gasteiger partial charge >= 0.3 is 0 Å². The lowest BCUT2D eigenvalue weighted by Gasteiger charge is -2.35. The first kappa shape index (κ1) is 18.7. The molecule has 0 bridgehead atoms. The number of piperidine rings is 1. The number of nitrogens with zero attached hydrogens (tertiary/aromatic N) is 3. The van der Waals surface area contributed by atoms with Gasteiger partial charge in [-0.05, 0) is 31.2 Å². The maximum atomic E-state index is 6.28. The number of aromatic nitrogens is 2. The van der Waals surface area contributed by atoms with E-state index in [4.69, 9.17) is 14.5 Å². The third-order valence-corrected chi connectivity index (χ3v) is 6.12. The van der Waals surface area contributed by atoms with Crippen LogP contribution in [0.2, 0.25) is 0 Å². The van der Waals surface area contributed by atoms with Crippen molar-refractivity contribution in [3.63, 3.8) is 0 Å². The zero-order valence-electron chi connectivity index (χ0n) is 15.6. The predicted molar refractivity (Wildman–Crippen MR) is 108 cm³/mol. The van der Waals surface area contributed by atoms with E-state index in [2.05, 4.69) is 34.1 Å². The predicted octanol–water partition coefficient (Wildman–Crippen LogP) is 3.93. The first-order valence-corrected chi connectivity index (χ1v) is 10.8. The highest BCUT2D eigenvalue weighted by Crippen LogP contribution is 2.25. The highest BCUT2D eigenvalue weighted by atomic mass is 32.2. The van der Waals surface area contributed by atoms with Gasteiger partial charge in [0.15, 0.2) is 0 Å². The monoisotopic (exact) mass is 385 g/mol. The summed E-state index contributed by atoms with van der Waals surface area (Å²) in [5, 5.41) is 0.983. The summed E-state index contributed by atoms with van der Waals surface area (Å²) in [5.74, 6) is 1.90. The van der Waals surface area contributed by atoms with Gasteiger partial charge in [0.2, 0.25) is 0 Å². The normalized spacial score (nSPS) is 19.3. The van der Waals surface area contributed by atoms with Gasteiger partial charge in [0.1, 0.15) is 10.8 Å². The van der Waals surface area contributed by atoms with E-state index in [1.807, 2.05) is 18.5 Å². The van der Waals surface area contributed by atoms with Crippen molar-refractivity contribution in [2.24, 2.45) is 0 Å². The van der Waals surface area contributed by atoms with Crippen molar-refractivity contribution >= 4 is 17.6 Å². The second kappa shape index (κ2) is 9.53. The number of benzene rings is 1. The Kier molecular flexibility index (Phi) is 6.61. The summed E-state index contributed by atoms with van der Waals surface area (Å²) in [6.07, 6.45) is 8.67. The smallest absolute Gasteiger partial charge is 0.148 e. The Bertz CT molecular complexity index is 702. The number of ether oxygens (including phenoxy) is 2. The van der Waals surface area contributed by atoms with Crippen molar-refractivity contribution < 1.29 is 9.47 Å². The lowest BCUT2D eigenvalue weighted by Crippen LogP contribution is -2.39. The summed E-state index contributed by atoms with van der Waals surface area (Å²) in [6, 6.07) is 10.5. The van der Waals surface area contributed by atoms with Crippen LogP contribution in [-0.4, -0.2) is 48.5 Å². The first-order valence-electron chi connectivity index (χ1n) is 9.84. The Hall–Kier alpha value is -1.63. The summed E-state index contributed by atoms with van der Waals surface area (Å²) >= 11 is 1.74. The molecule has 0 N–H and O–H groups in total. The number of hydrogen-bond acceptors (Lipinski definition) is 6. The highest BCUT2D eigenvalue weighted by Gasteiger charge is 2.25. The minimum Gasteiger partial charge on any atom is -0.381 e. The molecule has 6 heteroatoms. The summed E-state index contributed by atoms with van der Waals surface area (Å²) in [4.78, 5) is 11.6. The van der Waals surface area contributed by atoms with E-state index < -0.39 is 0 Å². The van der Waals surface area contributed by atoms with Crippen molar-refractivity contribution in [1.29, 1.82) is 0 Å². The van der Waals surface area contributed by atoms with E-state index in [1.54, 1.807) is 11.8 Å². The Morgan fingerprint density at radius 3 is 2.52 bits per heavy atom. The summed E-state index contributed by atoms with van der Waals surface area (Å²) < 4.78 is 11.7. The molecule has 0 unspecified atom stereocenters. The third-order valence-electron chi connectivity index (χ3n) is 5.15. The molecule has 0 spiro atoms. The molecule has 1 aromatic heterocycles. The Labute approximate surface area is 165 Å². The van der Waals surface area contributed by atoms with Crippen molar-refractivity contribution in [1.82, 2.24) is 9.97 Å². The van der Waals surface area contributed by atoms with E-state index in [1.165, 1.54) is 5.56 Å². The van der Waals surface area contributed by atoms with Gasteiger partial charge in [0, 0.05) is 32.1 Å². The number of hydrogen-bond donors (Lipinski definition) is 0. The van der Waals surface area contributed by atoms with Gasteiger partial charge in [0.05, 0.1) is 24.6 Å². The highest BCUT2D eigenvalue weighted by molar-refractivity contribution is 7.98. The zero-order chi connectivity index (χ0) is 18.3. The molecule has 2 aromatic rings. The van der Waals surface area contributed by atoms with E-state index in [9.17, 15) is 0 Å². The lowest BCUT2D eigenvalue weighted by atomic mass is 10.1. The molecule has 5 nitrogen and oxygen atoms in total. The third kappa shape index (κ3) is 5.43. The maximum absolute atomic E-state index is 6.28. The van der Waals surface area contributed by atoms with Crippen LogP contribution < -0.4 is 4.90 Å². The van der Waals surface area contributed by atoms with Crippen LogP contribution >= 0.6 is 11.8 Å². The molecule has 2 saturated heterocycles.